The fourth-order valence-electron chi connectivity index (χ4n) is 3.88. The minimum absolute atomic E-state index is 0.00103. The Morgan fingerprint density at radius 1 is 1.08 bits per heavy atom. The highest BCUT2D eigenvalue weighted by Gasteiger charge is 2.64. The van der Waals surface area contributed by atoms with Crippen molar-refractivity contribution in [1.29, 1.82) is 0 Å². The number of benzene rings is 2. The van der Waals surface area contributed by atoms with Gasteiger partial charge in [0.1, 0.15) is 15.3 Å². The van der Waals surface area contributed by atoms with E-state index in [0.717, 1.165) is 16.9 Å². The number of carbonyl (C=O) groups excluding carboxylic acids is 1. The largest absolute Gasteiger partial charge is 0.480 e. The number of ether oxygens (including phenoxy) is 1. The summed E-state index contributed by atoms with van der Waals surface area (Å²) in [4.78, 5) is 25.3. The van der Waals surface area contributed by atoms with E-state index in [1.807, 2.05) is 0 Å². The van der Waals surface area contributed by atoms with E-state index in [9.17, 15) is 23.1 Å². The third-order valence-corrected chi connectivity index (χ3v) is 8.99. The average Bonchev–Trinajstić information content (AvgIpc) is 3.25. The van der Waals surface area contributed by atoms with Gasteiger partial charge in [-0.2, -0.15) is 4.72 Å². The molecule has 2 unspecified atom stereocenters. The van der Waals surface area contributed by atoms with Gasteiger partial charge in [-0.05, 0) is 68.7 Å². The predicted octanol–water partition coefficient (Wildman–Crippen LogP) is 5.70. The van der Waals surface area contributed by atoms with Crippen LogP contribution in [0.1, 0.15) is 38.7 Å². The summed E-state index contributed by atoms with van der Waals surface area (Å²) in [6.07, 6.45) is -0.658. The number of hydrogen-bond donors (Lipinski definition) is 3. The van der Waals surface area contributed by atoms with E-state index >= 15 is 0 Å². The highest BCUT2D eigenvalue weighted by atomic mass is 35.5. The Hall–Kier alpha value is -2.92. The quantitative estimate of drug-likeness (QED) is 0.348. The van der Waals surface area contributed by atoms with E-state index in [-0.39, 0.29) is 10.6 Å². The number of amides is 1. The molecule has 3 N–H and O–H groups in total. The van der Waals surface area contributed by atoms with Crippen molar-refractivity contribution in [2.45, 2.75) is 48.5 Å². The summed E-state index contributed by atoms with van der Waals surface area (Å²) in [7, 11) is -4.15. The van der Waals surface area contributed by atoms with Crippen molar-refractivity contribution < 1.29 is 27.9 Å². The monoisotopic (exact) mass is 548 g/mol. The molecular formula is C25H25ClN2O6S2. The Balaban J connectivity index is 1.57. The summed E-state index contributed by atoms with van der Waals surface area (Å²) in [5, 5.41) is 13.2. The van der Waals surface area contributed by atoms with Crippen molar-refractivity contribution >= 4 is 50.7 Å². The molecule has 3 aromatic rings. The van der Waals surface area contributed by atoms with Crippen LogP contribution in [0.25, 0.3) is 10.4 Å². The van der Waals surface area contributed by atoms with Crippen LogP contribution in [0.3, 0.4) is 0 Å². The van der Waals surface area contributed by atoms with Gasteiger partial charge in [0.2, 0.25) is 0 Å². The van der Waals surface area contributed by atoms with Gasteiger partial charge in [0.25, 0.3) is 10.0 Å². The Labute approximate surface area is 218 Å². The minimum atomic E-state index is -4.15. The summed E-state index contributed by atoms with van der Waals surface area (Å²) >= 11 is 6.96. The number of halogens is 1. The Kier molecular flexibility index (Phi) is 6.91. The number of anilines is 1. The number of carboxylic acids is 1. The number of hydrogen-bond acceptors (Lipinski definition) is 6. The first-order valence-corrected chi connectivity index (χ1v) is 13.7. The molecule has 2 aromatic carbocycles. The van der Waals surface area contributed by atoms with Crippen LogP contribution < -0.4 is 10.0 Å². The third-order valence-electron chi connectivity index (χ3n) is 5.61. The molecule has 1 amide bonds. The molecule has 1 aliphatic rings. The van der Waals surface area contributed by atoms with Gasteiger partial charge < -0.3 is 9.84 Å². The van der Waals surface area contributed by atoms with E-state index in [0.29, 0.717) is 21.2 Å². The molecule has 36 heavy (non-hydrogen) atoms. The van der Waals surface area contributed by atoms with E-state index in [1.165, 1.54) is 6.07 Å². The summed E-state index contributed by atoms with van der Waals surface area (Å²) in [6, 6.07) is 16.8. The van der Waals surface area contributed by atoms with Crippen LogP contribution in [0.4, 0.5) is 10.5 Å². The molecule has 1 aromatic heterocycles. The van der Waals surface area contributed by atoms with Gasteiger partial charge in [-0.3, -0.25) is 10.1 Å². The zero-order chi connectivity index (χ0) is 26.3. The molecule has 1 aliphatic carbocycles. The Morgan fingerprint density at radius 2 is 1.75 bits per heavy atom. The number of sulfonamides is 1. The van der Waals surface area contributed by atoms with Crippen molar-refractivity contribution in [1.82, 2.24) is 4.72 Å². The smallest absolute Gasteiger partial charge is 0.412 e. The number of carboxylic acid groups (broad SMARTS) is 1. The van der Waals surface area contributed by atoms with Crippen molar-refractivity contribution in [3.63, 3.8) is 0 Å². The van der Waals surface area contributed by atoms with Crippen LogP contribution in [-0.2, 0) is 19.6 Å². The second kappa shape index (κ2) is 9.51. The average molecular weight is 549 g/mol. The fourth-order valence-corrected chi connectivity index (χ4v) is 6.73. The maximum atomic E-state index is 13.2. The maximum absolute atomic E-state index is 13.2. The first kappa shape index (κ1) is 26.2. The minimum Gasteiger partial charge on any atom is -0.480 e. The highest BCUT2D eigenvalue weighted by Crippen LogP contribution is 2.54. The number of para-hydroxylation sites is 1. The van der Waals surface area contributed by atoms with Gasteiger partial charge in [-0.15, -0.1) is 11.3 Å². The lowest BCUT2D eigenvalue weighted by atomic mass is 10.0. The molecule has 0 bridgehead atoms. The van der Waals surface area contributed by atoms with Crippen LogP contribution in [0.5, 0.6) is 0 Å². The van der Waals surface area contributed by atoms with E-state index in [2.05, 4.69) is 10.0 Å². The second-order valence-corrected chi connectivity index (χ2v) is 12.9. The number of nitrogens with one attached hydrogen (secondary N) is 2. The fraction of sp³-hybridized carbons (Fsp3) is 0.280. The van der Waals surface area contributed by atoms with Crippen molar-refractivity contribution in [3.05, 3.63) is 71.2 Å². The maximum Gasteiger partial charge on any atom is 0.412 e. The molecular weight excluding hydrogens is 524 g/mol. The molecule has 0 radical (unpaired) electrons. The number of thiophene rings is 1. The summed E-state index contributed by atoms with van der Waals surface area (Å²) < 4.78 is 34.1. The topological polar surface area (TPSA) is 122 Å². The normalized spacial score (nSPS) is 19.5. The van der Waals surface area contributed by atoms with Gasteiger partial charge in [-0.25, -0.2) is 13.2 Å². The highest BCUT2D eigenvalue weighted by molar-refractivity contribution is 7.91. The van der Waals surface area contributed by atoms with Gasteiger partial charge in [0.05, 0.1) is 0 Å². The summed E-state index contributed by atoms with van der Waals surface area (Å²) in [5.41, 5.74) is -0.800. The van der Waals surface area contributed by atoms with Crippen molar-refractivity contribution in [3.8, 4) is 10.4 Å². The molecule has 1 heterocycles. The molecule has 0 spiro atoms. The zero-order valence-corrected chi connectivity index (χ0v) is 22.1. The molecule has 190 valence electrons. The molecule has 0 saturated heterocycles. The van der Waals surface area contributed by atoms with Gasteiger partial charge >= 0.3 is 12.1 Å². The van der Waals surface area contributed by atoms with Gasteiger partial charge in [0.15, 0.2) is 0 Å². The van der Waals surface area contributed by atoms with Crippen LogP contribution >= 0.6 is 22.9 Å². The van der Waals surface area contributed by atoms with Crippen LogP contribution in [0, 0.1) is 0 Å². The number of aliphatic carboxylic acids is 1. The molecule has 1 fully saturated rings. The third kappa shape index (κ3) is 5.57. The van der Waals surface area contributed by atoms with Crippen LogP contribution in [-0.4, -0.2) is 36.7 Å². The van der Waals surface area contributed by atoms with E-state index in [1.54, 1.807) is 75.4 Å². The molecule has 2 atom stereocenters. The lowest BCUT2D eigenvalue weighted by Crippen LogP contribution is -2.44. The molecule has 8 nitrogen and oxygen atoms in total. The van der Waals surface area contributed by atoms with E-state index < -0.39 is 39.1 Å². The first-order valence-electron chi connectivity index (χ1n) is 11.0. The second-order valence-electron chi connectivity index (χ2n) is 9.48. The zero-order valence-electron chi connectivity index (χ0n) is 19.7. The molecule has 0 aliphatic heterocycles. The summed E-state index contributed by atoms with van der Waals surface area (Å²) in [5.74, 6) is -1.98. The van der Waals surface area contributed by atoms with Crippen LogP contribution in [0.15, 0.2) is 64.9 Å². The van der Waals surface area contributed by atoms with Crippen LogP contribution in [0.2, 0.25) is 5.02 Å². The van der Waals surface area contributed by atoms with Crippen molar-refractivity contribution in [2.24, 2.45) is 0 Å². The van der Waals surface area contributed by atoms with Crippen molar-refractivity contribution in [2.75, 3.05) is 5.32 Å². The Morgan fingerprint density at radius 3 is 2.39 bits per heavy atom. The van der Waals surface area contributed by atoms with Gasteiger partial charge in [-0.1, -0.05) is 41.9 Å². The van der Waals surface area contributed by atoms with E-state index in [4.69, 9.17) is 16.3 Å². The molecule has 1 saturated carbocycles. The SMILES string of the molecule is CC(C)(C)OC(=O)Nc1ccccc1C1CC1(NS(=O)(=O)c1ccc(-c2ccc(Cl)cc2)s1)C(=O)O. The standard InChI is InChI=1S/C25H25ClN2O6S2/c1-24(2,3)34-23(31)27-19-7-5-4-6-17(19)18-14-25(18,22(29)30)28-36(32,33)21-13-12-20(35-21)15-8-10-16(26)11-9-15/h4-13,18,28H,14H2,1-3H3,(H,27,31)(H,29,30). The molecule has 11 heteroatoms. The summed E-state index contributed by atoms with van der Waals surface area (Å²) in [6.45, 7) is 5.19. The lowest BCUT2D eigenvalue weighted by Gasteiger charge is -2.21. The first-order chi connectivity index (χ1) is 16.8. The number of carbonyl (C=O) groups is 2. The predicted molar refractivity (Wildman–Crippen MR) is 139 cm³/mol. The molecule has 4 rings (SSSR count). The Bertz CT molecular complexity index is 1410. The van der Waals surface area contributed by atoms with Gasteiger partial charge in [0, 0.05) is 21.5 Å². The number of rotatable bonds is 7. The lowest BCUT2D eigenvalue weighted by molar-refractivity contribution is -0.140.